The number of esters is 1. The van der Waals surface area contributed by atoms with Gasteiger partial charge in [0, 0.05) is 13.1 Å². The largest absolute Gasteiger partial charge is 0.467 e. The molecular weight excluding hydrogens is 290 g/mol. The van der Waals surface area contributed by atoms with Gasteiger partial charge in [0.25, 0.3) is 0 Å². The van der Waals surface area contributed by atoms with Crippen LogP contribution >= 0.6 is 0 Å². The first kappa shape index (κ1) is 18.2. The van der Waals surface area contributed by atoms with Crippen molar-refractivity contribution in [3.63, 3.8) is 0 Å². The van der Waals surface area contributed by atoms with E-state index in [0.29, 0.717) is 32.4 Å². The van der Waals surface area contributed by atoms with Crippen molar-refractivity contribution < 1.29 is 24.2 Å². The van der Waals surface area contributed by atoms with Crippen LogP contribution in [-0.4, -0.2) is 60.3 Å². The molecule has 1 rings (SSSR count). The maximum absolute atomic E-state index is 12.4. The quantitative estimate of drug-likeness (QED) is 0.575. The van der Waals surface area contributed by atoms with Crippen LogP contribution in [0.2, 0.25) is 0 Å². The lowest BCUT2D eigenvalue weighted by molar-refractivity contribution is -0.154. The zero-order chi connectivity index (χ0) is 16.7. The van der Waals surface area contributed by atoms with E-state index >= 15 is 0 Å². The second-order valence-corrected chi connectivity index (χ2v) is 5.48. The van der Waals surface area contributed by atoms with Gasteiger partial charge in [-0.25, -0.2) is 9.59 Å². The molecule has 0 aliphatic carbocycles. The van der Waals surface area contributed by atoms with Crippen LogP contribution in [0.3, 0.4) is 0 Å². The molecule has 3 amide bonds. The number of primary amides is 1. The van der Waals surface area contributed by atoms with Crippen LogP contribution in [0.5, 0.6) is 0 Å². The highest BCUT2D eigenvalue weighted by molar-refractivity contribution is 5.86. The van der Waals surface area contributed by atoms with Crippen molar-refractivity contribution in [2.75, 3.05) is 20.2 Å². The first-order chi connectivity index (χ1) is 10.4. The molecule has 0 bridgehead atoms. The van der Waals surface area contributed by atoms with E-state index in [1.165, 1.54) is 7.11 Å². The molecular formula is C14H25N3O5. The Balaban J connectivity index is 2.56. The highest BCUT2D eigenvalue weighted by atomic mass is 16.5. The Morgan fingerprint density at radius 3 is 2.41 bits per heavy atom. The first-order valence-electron chi connectivity index (χ1n) is 7.51. The van der Waals surface area contributed by atoms with Crippen molar-refractivity contribution in [2.24, 2.45) is 11.7 Å². The van der Waals surface area contributed by atoms with Crippen LogP contribution in [0.25, 0.3) is 0 Å². The molecule has 2 atom stereocenters. The van der Waals surface area contributed by atoms with Gasteiger partial charge in [0.05, 0.1) is 7.11 Å². The van der Waals surface area contributed by atoms with E-state index in [1.807, 2.05) is 6.92 Å². The Morgan fingerprint density at radius 1 is 1.36 bits per heavy atom. The van der Waals surface area contributed by atoms with Gasteiger partial charge in [-0.2, -0.15) is 0 Å². The van der Waals surface area contributed by atoms with E-state index in [4.69, 9.17) is 5.73 Å². The number of likely N-dealkylation sites (tertiary alicyclic amines) is 1. The van der Waals surface area contributed by atoms with Gasteiger partial charge in [0.2, 0.25) is 5.91 Å². The fraction of sp³-hybridized carbons (Fsp3) is 0.786. The summed E-state index contributed by atoms with van der Waals surface area (Å²) in [6, 6.07) is -1.34. The number of nitrogens with two attached hydrogens (primary N) is 1. The van der Waals surface area contributed by atoms with Crippen LogP contribution in [0, 0.1) is 5.92 Å². The number of nitrogens with one attached hydrogen (secondary N) is 1. The molecule has 8 heteroatoms. The SMILES string of the molecule is CCC[C@@H](NC(N)=O)C(=O)N1CCC(C(O)C(=O)OC)CC1. The molecule has 0 spiro atoms. The van der Waals surface area contributed by atoms with Crippen LogP contribution in [-0.2, 0) is 14.3 Å². The number of hydrogen-bond acceptors (Lipinski definition) is 5. The predicted molar refractivity (Wildman–Crippen MR) is 78.7 cm³/mol. The number of ether oxygens (including phenoxy) is 1. The molecule has 1 aliphatic rings. The summed E-state index contributed by atoms with van der Waals surface area (Å²) in [6.45, 7) is 2.78. The maximum Gasteiger partial charge on any atom is 0.334 e. The third-order valence-electron chi connectivity index (χ3n) is 3.93. The van der Waals surface area contributed by atoms with E-state index in [-0.39, 0.29) is 11.8 Å². The number of carbonyl (C=O) groups excluding carboxylic acids is 3. The zero-order valence-corrected chi connectivity index (χ0v) is 13.1. The molecule has 1 fully saturated rings. The average Bonchev–Trinajstić information content (AvgIpc) is 2.52. The van der Waals surface area contributed by atoms with E-state index in [2.05, 4.69) is 10.1 Å². The lowest BCUT2D eigenvalue weighted by Gasteiger charge is -2.35. The van der Waals surface area contributed by atoms with Crippen LogP contribution < -0.4 is 11.1 Å². The summed E-state index contributed by atoms with van der Waals surface area (Å²) >= 11 is 0. The molecule has 0 aromatic rings. The molecule has 1 aliphatic heterocycles. The van der Waals surface area contributed by atoms with Gasteiger partial charge in [-0.15, -0.1) is 0 Å². The molecule has 0 aromatic heterocycles. The van der Waals surface area contributed by atoms with Gasteiger partial charge in [-0.1, -0.05) is 13.3 Å². The Kier molecular flexibility index (Phi) is 7.10. The minimum Gasteiger partial charge on any atom is -0.467 e. The fourth-order valence-electron chi connectivity index (χ4n) is 2.69. The van der Waals surface area contributed by atoms with Crippen molar-refractivity contribution >= 4 is 17.9 Å². The second-order valence-electron chi connectivity index (χ2n) is 5.48. The molecule has 22 heavy (non-hydrogen) atoms. The van der Waals surface area contributed by atoms with Crippen LogP contribution in [0.15, 0.2) is 0 Å². The molecule has 0 saturated carbocycles. The third-order valence-corrected chi connectivity index (χ3v) is 3.93. The molecule has 4 N–H and O–H groups in total. The highest BCUT2D eigenvalue weighted by Crippen LogP contribution is 2.22. The Labute approximate surface area is 130 Å². The number of methoxy groups -OCH3 is 1. The zero-order valence-electron chi connectivity index (χ0n) is 13.1. The number of hydrogen-bond donors (Lipinski definition) is 3. The van der Waals surface area contributed by atoms with Crippen LogP contribution in [0.4, 0.5) is 4.79 Å². The van der Waals surface area contributed by atoms with Gasteiger partial charge in [-0.05, 0) is 25.2 Å². The Hall–Kier alpha value is -1.83. The van der Waals surface area contributed by atoms with Crippen LogP contribution in [0.1, 0.15) is 32.6 Å². The Morgan fingerprint density at radius 2 is 1.95 bits per heavy atom. The second kappa shape index (κ2) is 8.57. The lowest BCUT2D eigenvalue weighted by atomic mass is 9.91. The number of carbonyl (C=O) groups is 3. The summed E-state index contributed by atoms with van der Waals surface area (Å²) in [4.78, 5) is 36.3. The minimum atomic E-state index is -1.16. The van der Waals surface area contributed by atoms with Gasteiger partial charge >= 0.3 is 12.0 Å². The van der Waals surface area contributed by atoms with E-state index in [1.54, 1.807) is 4.90 Å². The van der Waals surface area contributed by atoms with Crippen molar-refractivity contribution in [1.82, 2.24) is 10.2 Å². The molecule has 0 aromatic carbocycles. The summed E-state index contributed by atoms with van der Waals surface area (Å²) in [5, 5.41) is 12.3. The number of piperidine rings is 1. The van der Waals surface area contributed by atoms with Gasteiger partial charge < -0.3 is 25.8 Å². The number of amides is 3. The smallest absolute Gasteiger partial charge is 0.334 e. The summed E-state index contributed by atoms with van der Waals surface area (Å²) in [5.41, 5.74) is 5.10. The van der Waals surface area contributed by atoms with Crippen molar-refractivity contribution in [1.29, 1.82) is 0 Å². The molecule has 0 radical (unpaired) electrons. The van der Waals surface area contributed by atoms with Gasteiger partial charge in [-0.3, -0.25) is 4.79 Å². The van der Waals surface area contributed by atoms with Gasteiger partial charge in [0.1, 0.15) is 6.04 Å². The van der Waals surface area contributed by atoms with Gasteiger partial charge in [0.15, 0.2) is 6.10 Å². The van der Waals surface area contributed by atoms with Crippen molar-refractivity contribution in [3.8, 4) is 0 Å². The molecule has 1 heterocycles. The Bertz CT molecular complexity index is 407. The minimum absolute atomic E-state index is 0.174. The summed E-state index contributed by atoms with van der Waals surface area (Å²) in [7, 11) is 1.23. The molecule has 1 unspecified atom stereocenters. The average molecular weight is 315 g/mol. The summed E-state index contributed by atoms with van der Waals surface area (Å²) < 4.78 is 4.52. The number of aliphatic hydroxyl groups is 1. The molecule has 126 valence electrons. The number of nitrogens with zero attached hydrogens (tertiary/aromatic N) is 1. The number of rotatable bonds is 6. The van der Waals surface area contributed by atoms with E-state index < -0.39 is 24.1 Å². The lowest BCUT2D eigenvalue weighted by Crippen LogP contribution is -2.52. The molecule has 1 saturated heterocycles. The number of urea groups is 1. The first-order valence-corrected chi connectivity index (χ1v) is 7.51. The molecule has 8 nitrogen and oxygen atoms in total. The standard InChI is InChI=1S/C14H25N3O5/c1-3-4-10(16-14(15)21)12(19)17-7-5-9(6-8-17)11(18)13(20)22-2/h9-11,18H,3-8H2,1-2H3,(H3,15,16,21)/t10-,11?/m1/s1. The number of aliphatic hydroxyl groups excluding tert-OH is 1. The monoisotopic (exact) mass is 315 g/mol. The van der Waals surface area contributed by atoms with Crippen molar-refractivity contribution in [2.45, 2.75) is 44.8 Å². The van der Waals surface area contributed by atoms with E-state index in [9.17, 15) is 19.5 Å². The van der Waals surface area contributed by atoms with E-state index in [0.717, 1.165) is 6.42 Å². The topological polar surface area (TPSA) is 122 Å². The summed E-state index contributed by atoms with van der Waals surface area (Å²) in [5.74, 6) is -1.04. The summed E-state index contributed by atoms with van der Waals surface area (Å²) in [6.07, 6.45) is 1.13. The predicted octanol–water partition coefficient (Wildman–Crippen LogP) is -0.404. The normalized spacial score (nSPS) is 18.4. The highest BCUT2D eigenvalue weighted by Gasteiger charge is 2.33. The fourth-order valence-corrected chi connectivity index (χ4v) is 2.69. The maximum atomic E-state index is 12.4. The third kappa shape index (κ3) is 4.87. The van der Waals surface area contributed by atoms with Crippen molar-refractivity contribution in [3.05, 3.63) is 0 Å².